The molecular weight excluding hydrogens is 200 g/mol. The highest BCUT2D eigenvalue weighted by Crippen LogP contribution is 2.06. The zero-order chi connectivity index (χ0) is 11.6. The molecule has 2 heteroatoms. The Labute approximate surface area is 97.3 Å². The van der Waals surface area contributed by atoms with Crippen LogP contribution in [-0.2, 0) is 11.3 Å². The summed E-state index contributed by atoms with van der Waals surface area (Å²) in [6.45, 7) is 2.57. The van der Waals surface area contributed by atoms with Crippen molar-refractivity contribution in [1.82, 2.24) is 0 Å². The Bertz CT molecular complexity index is 335. The van der Waals surface area contributed by atoms with Crippen molar-refractivity contribution in [2.45, 2.75) is 32.5 Å². The SMILES string of the molecule is CCCC(C#CCO)OCc1ccccc1. The van der Waals surface area contributed by atoms with E-state index in [4.69, 9.17) is 9.84 Å². The maximum Gasteiger partial charge on any atom is 0.118 e. The zero-order valence-electron chi connectivity index (χ0n) is 9.65. The van der Waals surface area contributed by atoms with Crippen LogP contribution >= 0.6 is 0 Å². The molecule has 0 fully saturated rings. The molecule has 1 aromatic rings. The van der Waals surface area contributed by atoms with Crippen LogP contribution in [0.3, 0.4) is 0 Å². The van der Waals surface area contributed by atoms with Crippen LogP contribution in [-0.4, -0.2) is 17.8 Å². The highest BCUT2D eigenvalue weighted by molar-refractivity contribution is 5.14. The lowest BCUT2D eigenvalue weighted by Gasteiger charge is -2.11. The number of hydrogen-bond acceptors (Lipinski definition) is 2. The third kappa shape index (κ3) is 4.97. The highest BCUT2D eigenvalue weighted by Gasteiger charge is 2.03. The minimum Gasteiger partial charge on any atom is -0.384 e. The Morgan fingerprint density at radius 2 is 2.06 bits per heavy atom. The van der Waals surface area contributed by atoms with Crippen LogP contribution in [0.4, 0.5) is 0 Å². The lowest BCUT2D eigenvalue weighted by Crippen LogP contribution is -2.10. The van der Waals surface area contributed by atoms with E-state index in [1.165, 1.54) is 0 Å². The van der Waals surface area contributed by atoms with Gasteiger partial charge in [-0.05, 0) is 12.0 Å². The maximum atomic E-state index is 8.64. The van der Waals surface area contributed by atoms with Crippen molar-refractivity contribution in [2.75, 3.05) is 6.61 Å². The molecule has 0 aliphatic rings. The highest BCUT2D eigenvalue weighted by atomic mass is 16.5. The predicted octanol–water partition coefficient (Wildman–Crippen LogP) is 2.37. The van der Waals surface area contributed by atoms with Gasteiger partial charge in [0.2, 0.25) is 0 Å². The second-order valence-electron chi connectivity index (χ2n) is 3.55. The van der Waals surface area contributed by atoms with Crippen LogP contribution in [0.15, 0.2) is 30.3 Å². The summed E-state index contributed by atoms with van der Waals surface area (Å²) in [5.74, 6) is 5.57. The molecule has 1 atom stereocenters. The van der Waals surface area contributed by atoms with Gasteiger partial charge in [-0.1, -0.05) is 55.5 Å². The number of benzene rings is 1. The van der Waals surface area contributed by atoms with Gasteiger partial charge >= 0.3 is 0 Å². The lowest BCUT2D eigenvalue weighted by molar-refractivity contribution is 0.0721. The molecule has 0 spiro atoms. The molecule has 0 aliphatic heterocycles. The molecule has 0 amide bonds. The van der Waals surface area contributed by atoms with Gasteiger partial charge in [0.25, 0.3) is 0 Å². The Morgan fingerprint density at radius 3 is 2.69 bits per heavy atom. The van der Waals surface area contributed by atoms with Crippen molar-refractivity contribution < 1.29 is 9.84 Å². The molecule has 1 unspecified atom stereocenters. The second-order valence-corrected chi connectivity index (χ2v) is 3.55. The summed E-state index contributed by atoms with van der Waals surface area (Å²) in [4.78, 5) is 0. The minimum absolute atomic E-state index is 0.0719. The van der Waals surface area contributed by atoms with Crippen LogP contribution in [0.2, 0.25) is 0 Å². The van der Waals surface area contributed by atoms with E-state index in [1.807, 2.05) is 30.3 Å². The summed E-state index contributed by atoms with van der Waals surface area (Å²) in [6.07, 6.45) is 1.86. The average molecular weight is 218 g/mol. The van der Waals surface area contributed by atoms with Crippen molar-refractivity contribution in [3.8, 4) is 11.8 Å². The summed E-state index contributed by atoms with van der Waals surface area (Å²) < 4.78 is 5.69. The van der Waals surface area contributed by atoms with Gasteiger partial charge in [0.15, 0.2) is 0 Å². The molecule has 86 valence electrons. The molecule has 0 heterocycles. The molecule has 0 radical (unpaired) electrons. The summed E-state index contributed by atoms with van der Waals surface area (Å²) >= 11 is 0. The first kappa shape index (κ1) is 12.8. The fourth-order valence-corrected chi connectivity index (χ4v) is 1.39. The standard InChI is InChI=1S/C14H18O2/c1-2-7-14(10-6-11-15)16-12-13-8-4-3-5-9-13/h3-5,8-9,14-15H,2,7,11-12H2,1H3. The molecule has 0 aliphatic carbocycles. The van der Waals surface area contributed by atoms with Crippen LogP contribution in [0, 0.1) is 11.8 Å². The van der Waals surface area contributed by atoms with E-state index in [0.29, 0.717) is 6.61 Å². The Balaban J connectivity index is 2.43. The van der Waals surface area contributed by atoms with Gasteiger partial charge in [-0.25, -0.2) is 0 Å². The first-order valence-electron chi connectivity index (χ1n) is 5.61. The van der Waals surface area contributed by atoms with Crippen molar-refractivity contribution >= 4 is 0 Å². The number of hydrogen-bond donors (Lipinski definition) is 1. The number of aliphatic hydroxyl groups is 1. The quantitative estimate of drug-likeness (QED) is 0.769. The summed E-state index contributed by atoms with van der Waals surface area (Å²) in [6, 6.07) is 10.0. The van der Waals surface area contributed by atoms with E-state index in [-0.39, 0.29) is 12.7 Å². The first-order chi connectivity index (χ1) is 7.86. The smallest absolute Gasteiger partial charge is 0.118 e. The molecule has 2 nitrogen and oxygen atoms in total. The van der Waals surface area contributed by atoms with E-state index in [1.54, 1.807) is 0 Å². The average Bonchev–Trinajstić information content (AvgIpc) is 2.34. The van der Waals surface area contributed by atoms with Gasteiger partial charge in [-0.15, -0.1) is 0 Å². The lowest BCUT2D eigenvalue weighted by atomic mass is 10.2. The van der Waals surface area contributed by atoms with Crippen molar-refractivity contribution in [3.63, 3.8) is 0 Å². The largest absolute Gasteiger partial charge is 0.384 e. The van der Waals surface area contributed by atoms with Crippen molar-refractivity contribution in [2.24, 2.45) is 0 Å². The molecule has 1 aromatic carbocycles. The van der Waals surface area contributed by atoms with Gasteiger partial charge in [0, 0.05) is 0 Å². The van der Waals surface area contributed by atoms with Crippen LogP contribution in [0.5, 0.6) is 0 Å². The van der Waals surface area contributed by atoms with E-state index in [2.05, 4.69) is 18.8 Å². The van der Waals surface area contributed by atoms with E-state index >= 15 is 0 Å². The van der Waals surface area contributed by atoms with E-state index in [0.717, 1.165) is 18.4 Å². The molecule has 0 aromatic heterocycles. The zero-order valence-corrected chi connectivity index (χ0v) is 9.65. The molecular formula is C14H18O2. The molecule has 0 bridgehead atoms. The molecule has 1 N–H and O–H groups in total. The summed E-state index contributed by atoms with van der Waals surface area (Å²) in [5, 5.41) is 8.64. The Hall–Kier alpha value is -1.30. The maximum absolute atomic E-state index is 8.64. The molecule has 0 saturated carbocycles. The minimum atomic E-state index is -0.102. The fraction of sp³-hybridized carbons (Fsp3) is 0.429. The number of aliphatic hydroxyl groups excluding tert-OH is 1. The third-order valence-electron chi connectivity index (χ3n) is 2.19. The molecule has 16 heavy (non-hydrogen) atoms. The summed E-state index contributed by atoms with van der Waals surface area (Å²) in [7, 11) is 0. The van der Waals surface area contributed by atoms with E-state index in [9.17, 15) is 0 Å². The van der Waals surface area contributed by atoms with Crippen LogP contribution in [0.1, 0.15) is 25.3 Å². The van der Waals surface area contributed by atoms with Gasteiger partial charge < -0.3 is 9.84 Å². The van der Waals surface area contributed by atoms with Crippen molar-refractivity contribution in [3.05, 3.63) is 35.9 Å². The Kier molecular flexibility index (Phi) is 6.32. The Morgan fingerprint density at radius 1 is 1.31 bits per heavy atom. The fourth-order valence-electron chi connectivity index (χ4n) is 1.39. The number of rotatable bonds is 5. The van der Waals surface area contributed by atoms with Gasteiger partial charge in [0.1, 0.15) is 12.7 Å². The van der Waals surface area contributed by atoms with Gasteiger partial charge in [-0.2, -0.15) is 0 Å². The van der Waals surface area contributed by atoms with Crippen molar-refractivity contribution in [1.29, 1.82) is 0 Å². The van der Waals surface area contributed by atoms with Crippen LogP contribution in [0.25, 0.3) is 0 Å². The third-order valence-corrected chi connectivity index (χ3v) is 2.19. The van der Waals surface area contributed by atoms with Gasteiger partial charge in [-0.3, -0.25) is 0 Å². The topological polar surface area (TPSA) is 29.5 Å². The second kappa shape index (κ2) is 7.92. The molecule has 0 saturated heterocycles. The van der Waals surface area contributed by atoms with E-state index < -0.39 is 0 Å². The normalized spacial score (nSPS) is 11.6. The first-order valence-corrected chi connectivity index (χ1v) is 5.61. The predicted molar refractivity (Wildman–Crippen MR) is 64.8 cm³/mol. The summed E-state index contributed by atoms with van der Waals surface area (Å²) in [5.41, 5.74) is 1.15. The van der Waals surface area contributed by atoms with Crippen LogP contribution < -0.4 is 0 Å². The van der Waals surface area contributed by atoms with Gasteiger partial charge in [0.05, 0.1) is 6.61 Å². The number of ether oxygens (including phenoxy) is 1. The monoisotopic (exact) mass is 218 g/mol. The molecule has 1 rings (SSSR count).